The molecule has 0 radical (unpaired) electrons. The number of anilines is 1. The maximum absolute atomic E-state index is 6.22. The van der Waals surface area contributed by atoms with Crippen molar-refractivity contribution in [2.75, 3.05) is 5.73 Å². The van der Waals surface area contributed by atoms with Crippen molar-refractivity contribution < 1.29 is 0 Å². The van der Waals surface area contributed by atoms with E-state index in [9.17, 15) is 0 Å². The highest BCUT2D eigenvalue weighted by Gasteiger charge is 2.09. The zero-order valence-electron chi connectivity index (χ0n) is 8.44. The van der Waals surface area contributed by atoms with E-state index in [-0.39, 0.29) is 0 Å². The molecule has 0 bridgehead atoms. The molecule has 0 saturated carbocycles. The molecule has 0 aliphatic carbocycles. The second-order valence-corrected chi connectivity index (χ2v) is 4.81. The van der Waals surface area contributed by atoms with E-state index < -0.39 is 0 Å². The summed E-state index contributed by atoms with van der Waals surface area (Å²) in [6.45, 7) is 3.90. The molecule has 4 heteroatoms. The smallest absolute Gasteiger partial charge is 0.127 e. The monoisotopic (exact) mass is 284 g/mol. The summed E-state index contributed by atoms with van der Waals surface area (Å²) in [5.74, 6) is 0.545. The first-order valence-corrected chi connectivity index (χ1v) is 5.69. The Morgan fingerprint density at radius 3 is 2.60 bits per heavy atom. The van der Waals surface area contributed by atoms with Gasteiger partial charge < -0.3 is 5.73 Å². The largest absolute Gasteiger partial charge is 0.383 e. The number of pyridine rings is 1. The van der Waals surface area contributed by atoms with Gasteiger partial charge in [-0.1, -0.05) is 11.6 Å². The Morgan fingerprint density at radius 2 is 1.93 bits per heavy atom. The average molecular weight is 286 g/mol. The molecular weight excluding hydrogens is 275 g/mol. The zero-order valence-corrected chi connectivity index (χ0v) is 10.8. The van der Waals surface area contributed by atoms with Crippen LogP contribution in [-0.4, -0.2) is 4.98 Å². The molecule has 1 aromatic heterocycles. The van der Waals surface area contributed by atoms with Gasteiger partial charge in [-0.25, -0.2) is 4.98 Å². The Kier molecular flexibility index (Phi) is 2.61. The fraction of sp³-hybridized carbons (Fsp3) is 0.182. The fourth-order valence-corrected chi connectivity index (χ4v) is 2.36. The number of halogens is 2. The zero-order chi connectivity index (χ0) is 11.2. The van der Waals surface area contributed by atoms with Gasteiger partial charge in [0.05, 0.1) is 10.5 Å². The van der Waals surface area contributed by atoms with Crippen LogP contribution in [0.25, 0.3) is 10.9 Å². The molecule has 2 nitrogen and oxygen atoms in total. The molecule has 15 heavy (non-hydrogen) atoms. The molecule has 0 atom stereocenters. The number of fused-ring (bicyclic) bond motifs is 1. The van der Waals surface area contributed by atoms with E-state index in [0.717, 1.165) is 31.5 Å². The quantitative estimate of drug-likeness (QED) is 0.798. The SMILES string of the molecule is Cc1cc2c(Cl)c(C)cc(Br)c2nc1N. The Hall–Kier alpha value is -0.800. The Labute approximate surface area is 102 Å². The van der Waals surface area contributed by atoms with Gasteiger partial charge in [0, 0.05) is 9.86 Å². The van der Waals surface area contributed by atoms with Crippen molar-refractivity contribution in [3.8, 4) is 0 Å². The van der Waals surface area contributed by atoms with Crippen molar-refractivity contribution in [1.29, 1.82) is 0 Å². The van der Waals surface area contributed by atoms with Gasteiger partial charge >= 0.3 is 0 Å². The molecule has 78 valence electrons. The fourth-order valence-electron chi connectivity index (χ4n) is 1.51. The first-order valence-electron chi connectivity index (χ1n) is 4.52. The summed E-state index contributed by atoms with van der Waals surface area (Å²) in [5.41, 5.74) is 8.56. The molecule has 0 amide bonds. The normalized spacial score (nSPS) is 10.9. The van der Waals surface area contributed by atoms with E-state index in [1.807, 2.05) is 26.0 Å². The van der Waals surface area contributed by atoms with Crippen LogP contribution < -0.4 is 5.73 Å². The van der Waals surface area contributed by atoms with Gasteiger partial charge in [-0.3, -0.25) is 0 Å². The lowest BCUT2D eigenvalue weighted by Crippen LogP contribution is -1.95. The van der Waals surface area contributed by atoms with Gasteiger partial charge in [-0.2, -0.15) is 0 Å². The van der Waals surface area contributed by atoms with Crippen LogP contribution in [0.5, 0.6) is 0 Å². The number of nitrogen functional groups attached to an aromatic ring is 1. The minimum atomic E-state index is 0.545. The predicted molar refractivity (Wildman–Crippen MR) is 68.3 cm³/mol. The first-order chi connectivity index (χ1) is 7.00. The number of aromatic nitrogens is 1. The van der Waals surface area contributed by atoms with Crippen LogP contribution in [0.3, 0.4) is 0 Å². The molecule has 0 saturated heterocycles. The first kappa shape index (κ1) is 10.7. The van der Waals surface area contributed by atoms with Crippen LogP contribution in [0.4, 0.5) is 5.82 Å². The molecule has 0 fully saturated rings. The third kappa shape index (κ3) is 1.70. The van der Waals surface area contributed by atoms with Crippen molar-refractivity contribution in [1.82, 2.24) is 4.98 Å². The Balaban J connectivity index is 2.97. The maximum atomic E-state index is 6.22. The minimum absolute atomic E-state index is 0.545. The highest BCUT2D eigenvalue weighted by atomic mass is 79.9. The van der Waals surface area contributed by atoms with Crippen LogP contribution in [-0.2, 0) is 0 Å². The van der Waals surface area contributed by atoms with Crippen LogP contribution in [0.15, 0.2) is 16.6 Å². The van der Waals surface area contributed by atoms with Gasteiger partial charge in [0.15, 0.2) is 0 Å². The van der Waals surface area contributed by atoms with Crippen LogP contribution in [0.2, 0.25) is 5.02 Å². The molecule has 0 unspecified atom stereocenters. The second kappa shape index (κ2) is 3.65. The number of nitrogens with zero attached hydrogens (tertiary/aromatic N) is 1. The highest BCUT2D eigenvalue weighted by molar-refractivity contribution is 9.10. The topological polar surface area (TPSA) is 38.9 Å². The summed E-state index contributed by atoms with van der Waals surface area (Å²) in [4.78, 5) is 4.32. The minimum Gasteiger partial charge on any atom is -0.383 e. The number of rotatable bonds is 0. The van der Waals surface area contributed by atoms with E-state index in [4.69, 9.17) is 17.3 Å². The molecule has 2 rings (SSSR count). The number of hydrogen-bond donors (Lipinski definition) is 1. The number of aryl methyl sites for hydroxylation is 2. The van der Waals surface area contributed by atoms with E-state index >= 15 is 0 Å². The van der Waals surface area contributed by atoms with Crippen molar-refractivity contribution in [2.45, 2.75) is 13.8 Å². The van der Waals surface area contributed by atoms with Gasteiger partial charge in [-0.05, 0) is 53.0 Å². The van der Waals surface area contributed by atoms with E-state index in [2.05, 4.69) is 20.9 Å². The highest BCUT2D eigenvalue weighted by Crippen LogP contribution is 2.33. The Morgan fingerprint density at radius 1 is 1.27 bits per heavy atom. The standard InChI is InChI=1S/C11H10BrClN2/c1-5-4-8(12)10-7(9(5)13)3-6(2)11(14)15-10/h3-4H,1-2H3,(H2,14,15). The van der Waals surface area contributed by atoms with Crippen molar-refractivity contribution >= 4 is 44.3 Å². The number of benzene rings is 1. The summed E-state index contributed by atoms with van der Waals surface area (Å²) in [7, 11) is 0. The van der Waals surface area contributed by atoms with Gasteiger partial charge in [0.2, 0.25) is 0 Å². The summed E-state index contributed by atoms with van der Waals surface area (Å²) in [6, 6.07) is 3.92. The van der Waals surface area contributed by atoms with Crippen LogP contribution in [0, 0.1) is 13.8 Å². The summed E-state index contributed by atoms with van der Waals surface area (Å²) in [5, 5.41) is 1.68. The molecule has 0 spiro atoms. The van der Waals surface area contributed by atoms with Gasteiger partial charge in [0.1, 0.15) is 5.82 Å². The van der Waals surface area contributed by atoms with Crippen LogP contribution >= 0.6 is 27.5 Å². The lowest BCUT2D eigenvalue weighted by molar-refractivity contribution is 1.33. The third-order valence-electron chi connectivity index (χ3n) is 2.40. The number of hydrogen-bond acceptors (Lipinski definition) is 2. The summed E-state index contributed by atoms with van der Waals surface area (Å²) >= 11 is 9.68. The molecule has 2 N–H and O–H groups in total. The molecule has 1 aromatic carbocycles. The van der Waals surface area contributed by atoms with Gasteiger partial charge in [0.25, 0.3) is 0 Å². The Bertz CT molecular complexity index is 552. The van der Waals surface area contributed by atoms with Crippen LogP contribution in [0.1, 0.15) is 11.1 Å². The number of nitrogens with two attached hydrogens (primary N) is 1. The van der Waals surface area contributed by atoms with E-state index in [1.165, 1.54) is 0 Å². The van der Waals surface area contributed by atoms with E-state index in [0.29, 0.717) is 5.82 Å². The van der Waals surface area contributed by atoms with Crippen molar-refractivity contribution in [2.24, 2.45) is 0 Å². The molecular formula is C11H10BrClN2. The average Bonchev–Trinajstić information content (AvgIpc) is 2.18. The molecule has 0 aliphatic heterocycles. The molecule has 2 aromatic rings. The van der Waals surface area contributed by atoms with Crippen molar-refractivity contribution in [3.05, 3.63) is 32.8 Å². The summed E-state index contributed by atoms with van der Waals surface area (Å²) in [6.07, 6.45) is 0. The molecule has 0 aliphatic rings. The van der Waals surface area contributed by atoms with Gasteiger partial charge in [-0.15, -0.1) is 0 Å². The lowest BCUT2D eigenvalue weighted by Gasteiger charge is -2.08. The third-order valence-corrected chi connectivity index (χ3v) is 3.51. The summed E-state index contributed by atoms with van der Waals surface area (Å²) < 4.78 is 0.922. The van der Waals surface area contributed by atoms with E-state index in [1.54, 1.807) is 0 Å². The van der Waals surface area contributed by atoms with Crippen molar-refractivity contribution in [3.63, 3.8) is 0 Å². The maximum Gasteiger partial charge on any atom is 0.127 e. The predicted octanol–water partition coefficient (Wildman–Crippen LogP) is 3.85. The lowest BCUT2D eigenvalue weighted by atomic mass is 10.1. The molecule has 1 heterocycles. The second-order valence-electron chi connectivity index (χ2n) is 3.58.